The lowest BCUT2D eigenvalue weighted by atomic mass is 10.00. The standard InChI is InChI=1S/C21H19N3/c1-14-8-7-11-18(12-14)19-20(17-9-5-4-6-10-17)23-24-16(3)13-15(2)22-21(19)24/h4-13H,1-3H3. The van der Waals surface area contributed by atoms with Crippen molar-refractivity contribution in [2.45, 2.75) is 20.8 Å². The molecule has 0 radical (unpaired) electrons. The minimum Gasteiger partial charge on any atom is -0.233 e. The highest BCUT2D eigenvalue weighted by molar-refractivity contribution is 5.90. The largest absolute Gasteiger partial charge is 0.233 e. The summed E-state index contributed by atoms with van der Waals surface area (Å²) in [6.07, 6.45) is 0. The average molecular weight is 313 g/mol. The molecule has 0 amide bonds. The molecule has 0 aliphatic heterocycles. The number of nitrogens with zero attached hydrogens (tertiary/aromatic N) is 3. The van der Waals surface area contributed by atoms with Crippen LogP contribution < -0.4 is 0 Å². The molecule has 0 aliphatic carbocycles. The maximum absolute atomic E-state index is 4.88. The first-order valence-electron chi connectivity index (χ1n) is 8.13. The van der Waals surface area contributed by atoms with Crippen molar-refractivity contribution in [3.63, 3.8) is 0 Å². The molecule has 24 heavy (non-hydrogen) atoms. The first-order chi connectivity index (χ1) is 11.6. The highest BCUT2D eigenvalue weighted by Crippen LogP contribution is 2.35. The maximum atomic E-state index is 4.88. The summed E-state index contributed by atoms with van der Waals surface area (Å²) >= 11 is 0. The van der Waals surface area contributed by atoms with Crippen LogP contribution in [-0.4, -0.2) is 14.6 Å². The molecule has 0 fully saturated rings. The third kappa shape index (κ3) is 2.38. The van der Waals surface area contributed by atoms with Gasteiger partial charge in [-0.1, -0.05) is 60.2 Å². The number of fused-ring (bicyclic) bond motifs is 1. The molecule has 2 aromatic carbocycles. The van der Waals surface area contributed by atoms with Crippen LogP contribution in [0.4, 0.5) is 0 Å². The van der Waals surface area contributed by atoms with Crippen molar-refractivity contribution in [3.8, 4) is 22.4 Å². The summed E-state index contributed by atoms with van der Waals surface area (Å²) in [5, 5.41) is 4.88. The van der Waals surface area contributed by atoms with Crippen LogP contribution in [0.15, 0.2) is 60.7 Å². The Bertz CT molecular complexity index is 1030. The van der Waals surface area contributed by atoms with Gasteiger partial charge in [-0.05, 0) is 32.4 Å². The van der Waals surface area contributed by atoms with E-state index in [-0.39, 0.29) is 0 Å². The van der Waals surface area contributed by atoms with Gasteiger partial charge in [-0.15, -0.1) is 0 Å². The van der Waals surface area contributed by atoms with Gasteiger partial charge >= 0.3 is 0 Å². The van der Waals surface area contributed by atoms with E-state index in [0.717, 1.165) is 39.4 Å². The molecule has 0 atom stereocenters. The summed E-state index contributed by atoms with van der Waals surface area (Å²) in [4.78, 5) is 4.79. The van der Waals surface area contributed by atoms with Gasteiger partial charge in [-0.3, -0.25) is 0 Å². The van der Waals surface area contributed by atoms with E-state index in [1.165, 1.54) is 5.56 Å². The lowest BCUT2D eigenvalue weighted by molar-refractivity contribution is 0.889. The Hall–Kier alpha value is -2.94. The van der Waals surface area contributed by atoms with Gasteiger partial charge < -0.3 is 0 Å². The van der Waals surface area contributed by atoms with Crippen LogP contribution in [0.3, 0.4) is 0 Å². The molecule has 2 aromatic heterocycles. The summed E-state index contributed by atoms with van der Waals surface area (Å²) in [5.74, 6) is 0. The van der Waals surface area contributed by atoms with Crippen LogP contribution in [0.25, 0.3) is 28.0 Å². The van der Waals surface area contributed by atoms with E-state index >= 15 is 0 Å². The zero-order valence-corrected chi connectivity index (χ0v) is 14.1. The topological polar surface area (TPSA) is 30.2 Å². The number of rotatable bonds is 2. The van der Waals surface area contributed by atoms with Crippen LogP contribution >= 0.6 is 0 Å². The minimum atomic E-state index is 0.914. The molecule has 4 aromatic rings. The quantitative estimate of drug-likeness (QED) is 0.522. The molecule has 3 nitrogen and oxygen atoms in total. The highest BCUT2D eigenvalue weighted by atomic mass is 15.3. The van der Waals surface area contributed by atoms with E-state index < -0.39 is 0 Å². The zero-order valence-electron chi connectivity index (χ0n) is 14.1. The van der Waals surface area contributed by atoms with Crippen LogP contribution in [0.2, 0.25) is 0 Å². The van der Waals surface area contributed by atoms with Gasteiger partial charge in [0.1, 0.15) is 5.69 Å². The molecule has 0 N–H and O–H groups in total. The van der Waals surface area contributed by atoms with E-state index in [2.05, 4.69) is 56.3 Å². The van der Waals surface area contributed by atoms with E-state index in [9.17, 15) is 0 Å². The van der Waals surface area contributed by atoms with Crippen molar-refractivity contribution in [1.82, 2.24) is 14.6 Å². The molecule has 0 spiro atoms. The average Bonchev–Trinajstić information content (AvgIpc) is 2.95. The van der Waals surface area contributed by atoms with Gasteiger partial charge in [0, 0.05) is 17.0 Å². The van der Waals surface area contributed by atoms with Gasteiger partial charge in [0.25, 0.3) is 0 Å². The second-order valence-electron chi connectivity index (χ2n) is 6.23. The number of aryl methyl sites for hydroxylation is 3. The van der Waals surface area contributed by atoms with Gasteiger partial charge in [0.05, 0.1) is 5.56 Å². The molecule has 4 rings (SSSR count). The van der Waals surface area contributed by atoms with Crippen molar-refractivity contribution in [3.05, 3.63) is 77.6 Å². The number of aromatic nitrogens is 3. The predicted octanol–water partition coefficient (Wildman–Crippen LogP) is 4.99. The Morgan fingerprint density at radius 2 is 1.54 bits per heavy atom. The van der Waals surface area contributed by atoms with E-state index in [4.69, 9.17) is 10.1 Å². The van der Waals surface area contributed by atoms with E-state index in [1.807, 2.05) is 29.6 Å². The van der Waals surface area contributed by atoms with Gasteiger partial charge in [0.15, 0.2) is 5.65 Å². The highest BCUT2D eigenvalue weighted by Gasteiger charge is 2.18. The minimum absolute atomic E-state index is 0.914. The second-order valence-corrected chi connectivity index (χ2v) is 6.23. The van der Waals surface area contributed by atoms with Gasteiger partial charge in [-0.2, -0.15) is 5.10 Å². The van der Waals surface area contributed by atoms with Crippen molar-refractivity contribution in [2.75, 3.05) is 0 Å². The molecule has 118 valence electrons. The summed E-state index contributed by atoms with van der Waals surface area (Å²) in [7, 11) is 0. The summed E-state index contributed by atoms with van der Waals surface area (Å²) in [6, 6.07) is 20.9. The smallest absolute Gasteiger partial charge is 0.164 e. The van der Waals surface area contributed by atoms with Crippen molar-refractivity contribution in [2.24, 2.45) is 0 Å². The Morgan fingerprint density at radius 3 is 2.29 bits per heavy atom. The molecule has 0 saturated carbocycles. The monoisotopic (exact) mass is 313 g/mol. The van der Waals surface area contributed by atoms with E-state index in [0.29, 0.717) is 0 Å². The van der Waals surface area contributed by atoms with Crippen molar-refractivity contribution in [1.29, 1.82) is 0 Å². The maximum Gasteiger partial charge on any atom is 0.164 e. The summed E-state index contributed by atoms with van der Waals surface area (Å²) in [5.41, 5.74) is 8.58. The van der Waals surface area contributed by atoms with Crippen LogP contribution in [0, 0.1) is 20.8 Å². The van der Waals surface area contributed by atoms with Crippen molar-refractivity contribution >= 4 is 5.65 Å². The Labute approximate surface area is 141 Å². The molecule has 0 saturated heterocycles. The summed E-state index contributed by atoms with van der Waals surface area (Å²) < 4.78 is 1.95. The normalized spacial score (nSPS) is 11.1. The van der Waals surface area contributed by atoms with Gasteiger partial charge in [0.2, 0.25) is 0 Å². The fraction of sp³-hybridized carbons (Fsp3) is 0.143. The number of benzene rings is 2. The first-order valence-corrected chi connectivity index (χ1v) is 8.13. The lowest BCUT2D eigenvalue weighted by Gasteiger charge is -2.05. The van der Waals surface area contributed by atoms with Crippen LogP contribution in [0.5, 0.6) is 0 Å². The molecular weight excluding hydrogens is 294 g/mol. The van der Waals surface area contributed by atoms with Crippen molar-refractivity contribution < 1.29 is 0 Å². The Morgan fingerprint density at radius 1 is 0.792 bits per heavy atom. The second kappa shape index (κ2) is 5.60. The Balaban J connectivity index is 2.12. The molecule has 0 aliphatic rings. The van der Waals surface area contributed by atoms with E-state index in [1.54, 1.807) is 0 Å². The van der Waals surface area contributed by atoms with Crippen LogP contribution in [-0.2, 0) is 0 Å². The molecular formula is C21H19N3. The fourth-order valence-electron chi connectivity index (χ4n) is 3.19. The third-order valence-corrected chi connectivity index (χ3v) is 4.25. The number of hydrogen-bond acceptors (Lipinski definition) is 2. The first kappa shape index (κ1) is 14.6. The summed E-state index contributed by atoms with van der Waals surface area (Å²) in [6.45, 7) is 6.22. The van der Waals surface area contributed by atoms with Gasteiger partial charge in [-0.25, -0.2) is 9.50 Å². The molecule has 2 heterocycles. The zero-order chi connectivity index (χ0) is 16.7. The lowest BCUT2D eigenvalue weighted by Crippen LogP contribution is -1.97. The molecule has 0 unspecified atom stereocenters. The Kier molecular flexibility index (Phi) is 3.42. The predicted molar refractivity (Wildman–Crippen MR) is 98.1 cm³/mol. The van der Waals surface area contributed by atoms with Crippen LogP contribution in [0.1, 0.15) is 17.0 Å². The number of hydrogen-bond donors (Lipinski definition) is 0. The fourth-order valence-corrected chi connectivity index (χ4v) is 3.19. The third-order valence-electron chi connectivity index (χ3n) is 4.25. The molecule has 3 heteroatoms. The SMILES string of the molecule is Cc1cccc(-c2c(-c3ccccc3)nn3c(C)cc(C)nc23)c1. The molecule has 0 bridgehead atoms.